The first-order valence-corrected chi connectivity index (χ1v) is 9.45. The number of piperazine rings is 1. The summed E-state index contributed by atoms with van der Waals surface area (Å²) in [5.74, 6) is 4.11. The van der Waals surface area contributed by atoms with Crippen molar-refractivity contribution in [3.8, 4) is 12.3 Å². The molecule has 0 radical (unpaired) electrons. The number of amides is 1. The molecule has 0 N–H and O–H groups in total. The maximum atomic E-state index is 12.0. The monoisotopic (exact) mass is 342 g/mol. The molecule has 0 spiro atoms. The van der Waals surface area contributed by atoms with Gasteiger partial charge in [0, 0.05) is 44.7 Å². The van der Waals surface area contributed by atoms with Crippen LogP contribution in [0.2, 0.25) is 0 Å². The molecule has 138 valence electrons. The van der Waals surface area contributed by atoms with E-state index in [4.69, 9.17) is 6.42 Å². The van der Waals surface area contributed by atoms with Gasteiger partial charge in [-0.05, 0) is 30.4 Å². The summed E-state index contributed by atoms with van der Waals surface area (Å²) < 4.78 is 0. The average molecular weight is 343 g/mol. The second-order valence-corrected chi connectivity index (χ2v) is 7.44. The van der Waals surface area contributed by atoms with Crippen molar-refractivity contribution in [2.75, 3.05) is 31.1 Å². The molecule has 1 heterocycles. The van der Waals surface area contributed by atoms with Crippen LogP contribution in [0.25, 0.3) is 0 Å². The first-order chi connectivity index (χ1) is 11.9. The highest BCUT2D eigenvalue weighted by atomic mass is 16.2. The van der Waals surface area contributed by atoms with E-state index in [0.29, 0.717) is 18.2 Å². The average Bonchev–Trinajstić information content (AvgIpc) is 2.61. The minimum Gasteiger partial charge on any atom is -0.368 e. The van der Waals surface area contributed by atoms with Gasteiger partial charge >= 0.3 is 0 Å². The van der Waals surface area contributed by atoms with Crippen LogP contribution in [-0.4, -0.2) is 37.0 Å². The van der Waals surface area contributed by atoms with Crippen LogP contribution in [0.4, 0.5) is 5.69 Å². The first kappa shape index (κ1) is 21.1. The van der Waals surface area contributed by atoms with Gasteiger partial charge in [-0.1, -0.05) is 45.9 Å². The van der Waals surface area contributed by atoms with Gasteiger partial charge in [-0.25, -0.2) is 0 Å². The van der Waals surface area contributed by atoms with E-state index in [1.165, 1.54) is 5.69 Å². The zero-order valence-electron chi connectivity index (χ0n) is 16.4. The van der Waals surface area contributed by atoms with Gasteiger partial charge < -0.3 is 9.80 Å². The lowest BCUT2D eigenvalue weighted by molar-refractivity contribution is -0.132. The molecular weight excluding hydrogens is 308 g/mol. The molecule has 3 heteroatoms. The third-order valence-corrected chi connectivity index (χ3v) is 4.20. The molecule has 1 saturated heterocycles. The molecule has 1 aromatic carbocycles. The van der Waals surface area contributed by atoms with E-state index in [2.05, 4.69) is 62.8 Å². The highest BCUT2D eigenvalue weighted by Crippen LogP contribution is 2.16. The Bertz CT molecular complexity index is 523. The lowest BCUT2D eigenvalue weighted by Gasteiger charge is -2.36. The SMILES string of the molecule is C#CCCC(C)C.CC(C)CC(=O)N1CCN(c2ccccc2)CC1. The molecule has 1 fully saturated rings. The normalized spacial score (nSPS) is 14.1. The number of para-hydroxylation sites is 1. The molecule has 2 rings (SSSR count). The number of rotatable bonds is 5. The summed E-state index contributed by atoms with van der Waals surface area (Å²) in [6.45, 7) is 12.1. The summed E-state index contributed by atoms with van der Waals surface area (Å²) in [5, 5.41) is 0. The fourth-order valence-electron chi connectivity index (χ4n) is 2.70. The predicted octanol–water partition coefficient (Wildman–Crippen LogP) is 4.44. The maximum absolute atomic E-state index is 12.0. The van der Waals surface area contributed by atoms with Crippen molar-refractivity contribution in [1.29, 1.82) is 0 Å². The zero-order chi connectivity index (χ0) is 18.7. The largest absolute Gasteiger partial charge is 0.368 e. The Hall–Kier alpha value is -1.95. The Morgan fingerprint density at radius 3 is 2.08 bits per heavy atom. The Balaban J connectivity index is 0.000000381. The standard InChI is InChI=1S/C15H22N2O.C7H12/c1-13(2)12-15(18)17-10-8-16(9-11-17)14-6-4-3-5-7-14;1-4-5-6-7(2)3/h3-7,13H,8-12H2,1-2H3;1,7H,5-6H2,2-3H3. The molecule has 0 unspecified atom stereocenters. The Labute approximate surface area is 154 Å². The van der Waals surface area contributed by atoms with Crippen LogP contribution in [0.3, 0.4) is 0 Å². The molecule has 1 aliphatic rings. The van der Waals surface area contributed by atoms with E-state index < -0.39 is 0 Å². The molecule has 25 heavy (non-hydrogen) atoms. The molecule has 0 saturated carbocycles. The fourth-order valence-corrected chi connectivity index (χ4v) is 2.70. The number of benzene rings is 1. The Morgan fingerprint density at radius 1 is 1.04 bits per heavy atom. The van der Waals surface area contributed by atoms with Gasteiger partial charge in [0.25, 0.3) is 0 Å². The summed E-state index contributed by atoms with van der Waals surface area (Å²) in [6.07, 6.45) is 7.79. The van der Waals surface area contributed by atoms with Gasteiger partial charge in [0.05, 0.1) is 0 Å². The summed E-state index contributed by atoms with van der Waals surface area (Å²) in [7, 11) is 0. The third-order valence-electron chi connectivity index (χ3n) is 4.20. The number of nitrogens with zero attached hydrogens (tertiary/aromatic N) is 2. The van der Waals surface area contributed by atoms with Crippen LogP contribution in [0, 0.1) is 24.2 Å². The van der Waals surface area contributed by atoms with Crippen molar-refractivity contribution < 1.29 is 4.79 Å². The molecule has 0 bridgehead atoms. The molecule has 1 amide bonds. The van der Waals surface area contributed by atoms with Gasteiger partial charge in [0.15, 0.2) is 0 Å². The first-order valence-electron chi connectivity index (χ1n) is 9.45. The summed E-state index contributed by atoms with van der Waals surface area (Å²) in [4.78, 5) is 16.3. The summed E-state index contributed by atoms with van der Waals surface area (Å²) in [6, 6.07) is 10.4. The molecule has 0 aromatic heterocycles. The molecule has 3 nitrogen and oxygen atoms in total. The number of carbonyl (C=O) groups excluding carboxylic acids is 1. The van der Waals surface area contributed by atoms with Gasteiger partial charge in [-0.2, -0.15) is 0 Å². The number of hydrogen-bond acceptors (Lipinski definition) is 2. The molecule has 1 aliphatic heterocycles. The second-order valence-electron chi connectivity index (χ2n) is 7.44. The third kappa shape index (κ3) is 8.63. The van der Waals surface area contributed by atoms with Crippen LogP contribution in [0.1, 0.15) is 47.0 Å². The Morgan fingerprint density at radius 2 is 1.64 bits per heavy atom. The molecular formula is C22H34N2O. The minimum absolute atomic E-state index is 0.303. The van der Waals surface area contributed by atoms with Crippen molar-refractivity contribution in [3.63, 3.8) is 0 Å². The topological polar surface area (TPSA) is 23.6 Å². The van der Waals surface area contributed by atoms with E-state index in [1.54, 1.807) is 0 Å². The minimum atomic E-state index is 0.303. The van der Waals surface area contributed by atoms with E-state index in [0.717, 1.165) is 44.9 Å². The molecule has 0 aliphatic carbocycles. The van der Waals surface area contributed by atoms with E-state index in [1.807, 2.05) is 11.0 Å². The van der Waals surface area contributed by atoms with E-state index >= 15 is 0 Å². The predicted molar refractivity (Wildman–Crippen MR) is 108 cm³/mol. The summed E-state index contributed by atoms with van der Waals surface area (Å²) in [5.41, 5.74) is 1.26. The lowest BCUT2D eigenvalue weighted by Crippen LogP contribution is -2.49. The summed E-state index contributed by atoms with van der Waals surface area (Å²) >= 11 is 0. The van der Waals surface area contributed by atoms with Crippen molar-refractivity contribution >= 4 is 11.6 Å². The smallest absolute Gasteiger partial charge is 0.222 e. The van der Waals surface area contributed by atoms with Gasteiger partial charge in [0.2, 0.25) is 5.91 Å². The highest BCUT2D eigenvalue weighted by molar-refractivity contribution is 5.76. The van der Waals surface area contributed by atoms with Crippen molar-refractivity contribution in [2.45, 2.75) is 47.0 Å². The van der Waals surface area contributed by atoms with Crippen LogP contribution in [-0.2, 0) is 4.79 Å². The van der Waals surface area contributed by atoms with Crippen molar-refractivity contribution in [2.24, 2.45) is 11.8 Å². The number of anilines is 1. The van der Waals surface area contributed by atoms with Crippen molar-refractivity contribution in [1.82, 2.24) is 4.90 Å². The fraction of sp³-hybridized carbons (Fsp3) is 0.591. The number of hydrogen-bond donors (Lipinski definition) is 0. The highest BCUT2D eigenvalue weighted by Gasteiger charge is 2.21. The van der Waals surface area contributed by atoms with Gasteiger partial charge in [-0.15, -0.1) is 12.3 Å². The van der Waals surface area contributed by atoms with Gasteiger partial charge in [0.1, 0.15) is 0 Å². The lowest BCUT2D eigenvalue weighted by atomic mass is 10.1. The van der Waals surface area contributed by atoms with Crippen LogP contribution < -0.4 is 4.90 Å². The van der Waals surface area contributed by atoms with Crippen LogP contribution in [0.5, 0.6) is 0 Å². The van der Waals surface area contributed by atoms with E-state index in [9.17, 15) is 4.79 Å². The maximum Gasteiger partial charge on any atom is 0.222 e. The molecule has 0 atom stereocenters. The van der Waals surface area contributed by atoms with E-state index in [-0.39, 0.29) is 0 Å². The van der Waals surface area contributed by atoms with Crippen LogP contribution in [0.15, 0.2) is 30.3 Å². The molecule has 1 aromatic rings. The number of carbonyl (C=O) groups is 1. The van der Waals surface area contributed by atoms with Gasteiger partial charge in [-0.3, -0.25) is 4.79 Å². The van der Waals surface area contributed by atoms with Crippen LogP contribution >= 0.6 is 0 Å². The zero-order valence-corrected chi connectivity index (χ0v) is 16.4. The number of terminal acetylenes is 1. The Kier molecular flexibility index (Phi) is 9.77. The quantitative estimate of drug-likeness (QED) is 0.739. The van der Waals surface area contributed by atoms with Crippen molar-refractivity contribution in [3.05, 3.63) is 30.3 Å². The second kappa shape index (κ2) is 11.6.